The van der Waals surface area contributed by atoms with Gasteiger partial charge >= 0.3 is 6.09 Å². The Bertz CT molecular complexity index is 286. The normalized spacial score (nSPS) is 15.8. The van der Waals surface area contributed by atoms with Crippen LogP contribution in [0.1, 0.15) is 20.8 Å². The lowest BCUT2D eigenvalue weighted by Gasteiger charge is -2.34. The predicted molar refractivity (Wildman–Crippen MR) is 52.8 cm³/mol. The number of rotatable bonds is 1. The van der Waals surface area contributed by atoms with Gasteiger partial charge in [-0.1, -0.05) is 0 Å². The van der Waals surface area contributed by atoms with E-state index in [0.29, 0.717) is 12.3 Å². The lowest BCUT2D eigenvalue weighted by atomic mass is 10.1. The maximum Gasteiger partial charge on any atom is 0.412 e. The molecule has 4 heteroatoms. The molecule has 0 aromatic rings. The minimum Gasteiger partial charge on any atom is -0.497 e. The standard InChI is InChI=1S/C10H15NO3/c1-10(2,3)11(9(12)13)8-4-6-14-7-5-8/h4-6H,7H2,1-3H3,(H,12,13). The first-order valence-corrected chi connectivity index (χ1v) is 4.44. The molecular weight excluding hydrogens is 182 g/mol. The third-order valence-electron chi connectivity index (χ3n) is 1.84. The molecule has 0 atom stereocenters. The van der Waals surface area contributed by atoms with Gasteiger partial charge in [-0.3, -0.25) is 4.90 Å². The molecule has 0 unspecified atom stereocenters. The molecule has 4 nitrogen and oxygen atoms in total. The molecule has 1 N–H and O–H groups in total. The molecule has 1 rings (SSSR count). The number of hydrogen-bond acceptors (Lipinski definition) is 2. The minimum absolute atomic E-state index is 0.422. The van der Waals surface area contributed by atoms with Crippen LogP contribution >= 0.6 is 0 Å². The van der Waals surface area contributed by atoms with Crippen molar-refractivity contribution in [2.75, 3.05) is 6.61 Å². The number of amides is 1. The second-order valence-electron chi connectivity index (χ2n) is 4.05. The fraction of sp³-hybridized carbons (Fsp3) is 0.500. The number of carboxylic acid groups (broad SMARTS) is 1. The number of hydrogen-bond donors (Lipinski definition) is 1. The van der Waals surface area contributed by atoms with Crippen molar-refractivity contribution >= 4 is 6.09 Å². The van der Waals surface area contributed by atoms with Crippen molar-refractivity contribution in [2.45, 2.75) is 26.3 Å². The summed E-state index contributed by atoms with van der Waals surface area (Å²) >= 11 is 0. The molecule has 0 saturated carbocycles. The van der Waals surface area contributed by atoms with E-state index in [9.17, 15) is 4.79 Å². The second-order valence-corrected chi connectivity index (χ2v) is 4.05. The summed E-state index contributed by atoms with van der Waals surface area (Å²) < 4.78 is 4.97. The van der Waals surface area contributed by atoms with E-state index in [1.165, 1.54) is 11.2 Å². The van der Waals surface area contributed by atoms with Crippen molar-refractivity contribution in [1.82, 2.24) is 4.90 Å². The van der Waals surface area contributed by atoms with Gasteiger partial charge in [0.1, 0.15) is 6.61 Å². The molecule has 1 heterocycles. The third-order valence-corrected chi connectivity index (χ3v) is 1.84. The summed E-state index contributed by atoms with van der Waals surface area (Å²) in [4.78, 5) is 12.4. The first-order valence-electron chi connectivity index (χ1n) is 4.44. The molecule has 0 spiro atoms. The van der Waals surface area contributed by atoms with Gasteiger partial charge in [0, 0.05) is 5.54 Å². The molecular formula is C10H15NO3. The Hall–Kier alpha value is -1.45. The van der Waals surface area contributed by atoms with E-state index >= 15 is 0 Å². The Labute approximate surface area is 83.5 Å². The highest BCUT2D eigenvalue weighted by Gasteiger charge is 2.28. The minimum atomic E-state index is -0.949. The quantitative estimate of drug-likeness (QED) is 0.701. The Balaban J connectivity index is 2.94. The summed E-state index contributed by atoms with van der Waals surface area (Å²) in [6.07, 6.45) is 3.97. The zero-order chi connectivity index (χ0) is 10.8. The van der Waals surface area contributed by atoms with Crippen molar-refractivity contribution in [3.05, 3.63) is 24.1 Å². The number of carbonyl (C=O) groups is 1. The van der Waals surface area contributed by atoms with Crippen LogP contribution in [0.2, 0.25) is 0 Å². The Morgan fingerprint density at radius 2 is 2.21 bits per heavy atom. The van der Waals surface area contributed by atoms with Gasteiger partial charge in [0.05, 0.1) is 12.0 Å². The largest absolute Gasteiger partial charge is 0.497 e. The van der Waals surface area contributed by atoms with Gasteiger partial charge in [0.15, 0.2) is 0 Å². The first kappa shape index (κ1) is 10.6. The lowest BCUT2D eigenvalue weighted by molar-refractivity contribution is 0.122. The molecule has 0 saturated heterocycles. The summed E-state index contributed by atoms with van der Waals surface area (Å²) in [5.41, 5.74) is 0.218. The van der Waals surface area contributed by atoms with E-state index in [1.54, 1.807) is 12.2 Å². The van der Waals surface area contributed by atoms with Crippen LogP contribution in [-0.2, 0) is 4.74 Å². The Morgan fingerprint density at radius 3 is 2.57 bits per heavy atom. The molecule has 0 aliphatic carbocycles. The van der Waals surface area contributed by atoms with Gasteiger partial charge in [0.25, 0.3) is 0 Å². The van der Waals surface area contributed by atoms with Gasteiger partial charge in [-0.15, -0.1) is 0 Å². The van der Waals surface area contributed by atoms with E-state index < -0.39 is 11.6 Å². The summed E-state index contributed by atoms with van der Waals surface area (Å²) in [6.45, 7) is 5.98. The van der Waals surface area contributed by atoms with Crippen LogP contribution in [0.5, 0.6) is 0 Å². The highest BCUT2D eigenvalue weighted by atomic mass is 16.5. The molecule has 1 aliphatic rings. The van der Waals surface area contributed by atoms with Crippen LogP contribution < -0.4 is 0 Å². The molecule has 0 bridgehead atoms. The average Bonchev–Trinajstić information content (AvgIpc) is 2.02. The lowest BCUT2D eigenvalue weighted by Crippen LogP contribution is -2.44. The van der Waals surface area contributed by atoms with Crippen LogP contribution in [0.4, 0.5) is 4.79 Å². The van der Waals surface area contributed by atoms with Gasteiger partial charge in [-0.2, -0.15) is 0 Å². The van der Waals surface area contributed by atoms with Crippen LogP contribution in [0, 0.1) is 0 Å². The van der Waals surface area contributed by atoms with Crippen molar-refractivity contribution in [2.24, 2.45) is 0 Å². The number of allylic oxidation sites excluding steroid dienone is 1. The fourth-order valence-electron chi connectivity index (χ4n) is 1.33. The van der Waals surface area contributed by atoms with Crippen molar-refractivity contribution in [3.63, 3.8) is 0 Å². The monoisotopic (exact) mass is 197 g/mol. The van der Waals surface area contributed by atoms with E-state index in [0.717, 1.165) is 0 Å². The predicted octanol–water partition coefficient (Wildman–Crippen LogP) is 2.19. The highest BCUT2D eigenvalue weighted by Crippen LogP contribution is 2.22. The zero-order valence-electron chi connectivity index (χ0n) is 8.65. The van der Waals surface area contributed by atoms with Gasteiger partial charge in [-0.25, -0.2) is 4.79 Å². The maximum absolute atomic E-state index is 11.1. The molecule has 1 amide bonds. The van der Waals surface area contributed by atoms with Crippen molar-refractivity contribution in [3.8, 4) is 0 Å². The first-order chi connectivity index (χ1) is 6.43. The van der Waals surface area contributed by atoms with Crippen molar-refractivity contribution in [1.29, 1.82) is 0 Å². The number of nitrogens with zero attached hydrogens (tertiary/aromatic N) is 1. The molecule has 1 aliphatic heterocycles. The average molecular weight is 197 g/mol. The van der Waals surface area contributed by atoms with Crippen LogP contribution in [-0.4, -0.2) is 28.2 Å². The van der Waals surface area contributed by atoms with E-state index in [2.05, 4.69) is 0 Å². The topological polar surface area (TPSA) is 49.8 Å². The Morgan fingerprint density at radius 1 is 1.57 bits per heavy atom. The maximum atomic E-state index is 11.1. The molecule has 0 aromatic heterocycles. The zero-order valence-corrected chi connectivity index (χ0v) is 8.65. The Kier molecular flexibility index (Phi) is 2.84. The van der Waals surface area contributed by atoms with Gasteiger partial charge in [-0.05, 0) is 32.9 Å². The summed E-state index contributed by atoms with van der Waals surface area (Å²) in [6, 6.07) is 0. The van der Waals surface area contributed by atoms with Crippen LogP contribution in [0.25, 0.3) is 0 Å². The molecule has 0 radical (unpaired) electrons. The fourth-order valence-corrected chi connectivity index (χ4v) is 1.33. The molecule has 78 valence electrons. The molecule has 0 fully saturated rings. The molecule has 0 aromatic carbocycles. The van der Waals surface area contributed by atoms with E-state index in [1.807, 2.05) is 20.8 Å². The summed E-state index contributed by atoms with van der Waals surface area (Å²) in [7, 11) is 0. The number of ether oxygens (including phenoxy) is 1. The van der Waals surface area contributed by atoms with E-state index in [4.69, 9.17) is 9.84 Å². The van der Waals surface area contributed by atoms with Gasteiger partial charge < -0.3 is 9.84 Å². The SMILES string of the molecule is CC(C)(C)N(C(=O)O)C1=CCOC=C1. The highest BCUT2D eigenvalue weighted by molar-refractivity contribution is 5.69. The van der Waals surface area contributed by atoms with Crippen molar-refractivity contribution < 1.29 is 14.6 Å². The summed E-state index contributed by atoms with van der Waals surface area (Å²) in [5.74, 6) is 0. The second kappa shape index (κ2) is 3.74. The van der Waals surface area contributed by atoms with Crippen LogP contribution in [0.3, 0.4) is 0 Å². The van der Waals surface area contributed by atoms with Crippen LogP contribution in [0.15, 0.2) is 24.1 Å². The smallest absolute Gasteiger partial charge is 0.412 e. The molecule has 14 heavy (non-hydrogen) atoms. The summed E-state index contributed by atoms with van der Waals surface area (Å²) in [5, 5.41) is 9.07. The third kappa shape index (κ3) is 2.28. The van der Waals surface area contributed by atoms with Gasteiger partial charge in [0.2, 0.25) is 0 Å². The van der Waals surface area contributed by atoms with E-state index in [-0.39, 0.29) is 0 Å².